The van der Waals surface area contributed by atoms with E-state index in [0.717, 1.165) is 10.9 Å². The van der Waals surface area contributed by atoms with Gasteiger partial charge >= 0.3 is 0 Å². The van der Waals surface area contributed by atoms with Crippen LogP contribution in [0, 0.1) is 18.3 Å². The smallest absolute Gasteiger partial charge is 0.267 e. The molecule has 2 aromatic heterocycles. The minimum atomic E-state index is -0.553. The van der Waals surface area contributed by atoms with Crippen LogP contribution >= 0.6 is 0 Å². The molecule has 24 heavy (non-hydrogen) atoms. The third kappa shape index (κ3) is 2.85. The summed E-state index contributed by atoms with van der Waals surface area (Å²) in [6.45, 7) is 1.71. The van der Waals surface area contributed by atoms with E-state index in [1.165, 1.54) is 6.08 Å². The summed E-state index contributed by atoms with van der Waals surface area (Å²) in [5, 5.41) is 16.4. The molecule has 0 bridgehead atoms. The second kappa shape index (κ2) is 6.30. The first kappa shape index (κ1) is 15.4. The SMILES string of the molecule is COc1cccc2c(C=C(C#N)C(=O)Nc3cc(C)on3)c[nH]c12. The molecule has 1 amide bonds. The number of benzene rings is 1. The molecule has 0 aliphatic heterocycles. The Morgan fingerprint density at radius 1 is 1.50 bits per heavy atom. The number of aryl methyl sites for hydroxylation is 1. The van der Waals surface area contributed by atoms with Gasteiger partial charge in [-0.2, -0.15) is 5.26 Å². The number of carbonyl (C=O) groups excluding carboxylic acids is 1. The van der Waals surface area contributed by atoms with Crippen molar-refractivity contribution in [3.8, 4) is 11.8 Å². The van der Waals surface area contributed by atoms with Gasteiger partial charge in [0, 0.05) is 23.2 Å². The molecule has 2 heterocycles. The van der Waals surface area contributed by atoms with Gasteiger partial charge in [0.1, 0.15) is 23.2 Å². The molecule has 0 fully saturated rings. The second-order valence-electron chi connectivity index (χ2n) is 5.07. The average molecular weight is 322 g/mol. The van der Waals surface area contributed by atoms with Gasteiger partial charge in [-0.3, -0.25) is 4.79 Å². The zero-order valence-electron chi connectivity index (χ0n) is 13.1. The molecular formula is C17H14N4O3. The molecule has 0 aliphatic rings. The molecule has 1 aromatic carbocycles. The summed E-state index contributed by atoms with van der Waals surface area (Å²) < 4.78 is 10.2. The van der Waals surface area contributed by atoms with Gasteiger partial charge in [0.2, 0.25) is 0 Å². The topological polar surface area (TPSA) is 104 Å². The number of nitrogens with zero attached hydrogens (tertiary/aromatic N) is 2. The number of nitriles is 1. The van der Waals surface area contributed by atoms with Crippen molar-refractivity contribution in [1.29, 1.82) is 5.26 Å². The number of H-pyrrole nitrogens is 1. The van der Waals surface area contributed by atoms with Crippen molar-refractivity contribution in [2.75, 3.05) is 12.4 Å². The molecule has 0 unspecified atom stereocenters. The Bertz CT molecular complexity index is 975. The number of amides is 1. The molecule has 0 spiro atoms. The summed E-state index contributed by atoms with van der Waals surface area (Å²) in [4.78, 5) is 15.3. The first-order valence-electron chi connectivity index (χ1n) is 7.13. The van der Waals surface area contributed by atoms with Crippen LogP contribution in [0.3, 0.4) is 0 Å². The maximum Gasteiger partial charge on any atom is 0.267 e. The number of rotatable bonds is 4. The summed E-state index contributed by atoms with van der Waals surface area (Å²) >= 11 is 0. The quantitative estimate of drug-likeness (QED) is 0.567. The predicted octanol–water partition coefficient (Wildman–Crippen LogP) is 3.02. The Balaban J connectivity index is 1.93. The third-order valence-electron chi connectivity index (χ3n) is 3.46. The van der Waals surface area contributed by atoms with Crippen LogP contribution in [0.1, 0.15) is 11.3 Å². The van der Waals surface area contributed by atoms with E-state index in [1.54, 1.807) is 26.3 Å². The third-order valence-corrected chi connectivity index (χ3v) is 3.46. The van der Waals surface area contributed by atoms with Crippen molar-refractivity contribution in [2.24, 2.45) is 0 Å². The highest BCUT2D eigenvalue weighted by molar-refractivity contribution is 6.10. The summed E-state index contributed by atoms with van der Waals surface area (Å²) in [5.41, 5.74) is 1.47. The molecule has 7 heteroatoms. The molecule has 0 radical (unpaired) electrons. The fourth-order valence-electron chi connectivity index (χ4n) is 2.35. The highest BCUT2D eigenvalue weighted by Crippen LogP contribution is 2.28. The Morgan fingerprint density at radius 2 is 2.33 bits per heavy atom. The molecule has 0 atom stereocenters. The van der Waals surface area contributed by atoms with Crippen molar-refractivity contribution >= 4 is 28.7 Å². The normalized spacial score (nSPS) is 11.3. The number of nitrogens with one attached hydrogen (secondary N) is 2. The van der Waals surface area contributed by atoms with Crippen LogP contribution in [0.25, 0.3) is 17.0 Å². The van der Waals surface area contributed by atoms with Crippen molar-refractivity contribution in [2.45, 2.75) is 6.92 Å². The number of fused-ring (bicyclic) bond motifs is 1. The zero-order chi connectivity index (χ0) is 17.1. The second-order valence-corrected chi connectivity index (χ2v) is 5.07. The lowest BCUT2D eigenvalue weighted by atomic mass is 10.1. The van der Waals surface area contributed by atoms with Gasteiger partial charge in [0.25, 0.3) is 5.91 Å². The van der Waals surface area contributed by atoms with E-state index >= 15 is 0 Å². The lowest BCUT2D eigenvalue weighted by Gasteiger charge is -2.01. The Morgan fingerprint density at radius 3 is 3.00 bits per heavy atom. The molecule has 0 saturated heterocycles. The van der Waals surface area contributed by atoms with Gasteiger partial charge in [-0.1, -0.05) is 17.3 Å². The van der Waals surface area contributed by atoms with Crippen LogP contribution in [0.15, 0.2) is 40.6 Å². The van der Waals surface area contributed by atoms with E-state index < -0.39 is 5.91 Å². The van der Waals surface area contributed by atoms with Crippen LogP contribution in [-0.2, 0) is 4.79 Å². The minimum Gasteiger partial charge on any atom is -0.495 e. The zero-order valence-corrected chi connectivity index (χ0v) is 13.1. The van der Waals surface area contributed by atoms with Crippen LogP contribution in [0.2, 0.25) is 0 Å². The van der Waals surface area contributed by atoms with Crippen LogP contribution in [-0.4, -0.2) is 23.2 Å². The molecule has 3 rings (SSSR count). The molecule has 0 aliphatic carbocycles. The molecule has 2 N–H and O–H groups in total. The fourth-order valence-corrected chi connectivity index (χ4v) is 2.35. The van der Waals surface area contributed by atoms with E-state index in [1.807, 2.05) is 24.3 Å². The average Bonchev–Trinajstić information content (AvgIpc) is 3.18. The molecule has 0 saturated carbocycles. The molecule has 3 aromatic rings. The monoisotopic (exact) mass is 322 g/mol. The standard InChI is InChI=1S/C17H14N4O3/c1-10-6-15(21-24-10)20-17(22)11(8-18)7-12-9-19-16-13(12)4-3-5-14(16)23-2/h3-7,9,19H,1-2H3,(H,20,21,22). The number of hydrogen-bond acceptors (Lipinski definition) is 5. The Kier molecular flexibility index (Phi) is 4.03. The summed E-state index contributed by atoms with van der Waals surface area (Å²) in [6, 6.07) is 9.04. The lowest BCUT2D eigenvalue weighted by molar-refractivity contribution is -0.112. The van der Waals surface area contributed by atoms with E-state index in [2.05, 4.69) is 15.5 Å². The fraction of sp³-hybridized carbons (Fsp3) is 0.118. The highest BCUT2D eigenvalue weighted by atomic mass is 16.5. The van der Waals surface area contributed by atoms with Crippen molar-refractivity contribution in [1.82, 2.24) is 10.1 Å². The van der Waals surface area contributed by atoms with E-state index in [9.17, 15) is 10.1 Å². The van der Waals surface area contributed by atoms with Crippen LogP contribution in [0.5, 0.6) is 5.75 Å². The number of para-hydroxylation sites is 1. The summed E-state index contributed by atoms with van der Waals surface area (Å²) in [7, 11) is 1.58. The van der Waals surface area contributed by atoms with E-state index in [4.69, 9.17) is 9.26 Å². The van der Waals surface area contributed by atoms with Gasteiger partial charge in [-0.05, 0) is 19.1 Å². The predicted molar refractivity (Wildman–Crippen MR) is 88.3 cm³/mol. The molecular weight excluding hydrogens is 308 g/mol. The van der Waals surface area contributed by atoms with Gasteiger partial charge < -0.3 is 19.6 Å². The van der Waals surface area contributed by atoms with Crippen molar-refractivity contribution in [3.63, 3.8) is 0 Å². The highest BCUT2D eigenvalue weighted by Gasteiger charge is 2.13. The number of aromatic amines is 1. The maximum absolute atomic E-state index is 12.2. The number of carbonyl (C=O) groups is 1. The van der Waals surface area contributed by atoms with Gasteiger partial charge in [0.05, 0.1) is 12.6 Å². The van der Waals surface area contributed by atoms with Crippen LogP contribution < -0.4 is 10.1 Å². The van der Waals surface area contributed by atoms with Crippen LogP contribution in [0.4, 0.5) is 5.82 Å². The maximum atomic E-state index is 12.2. The van der Waals surface area contributed by atoms with Gasteiger partial charge in [0.15, 0.2) is 5.82 Å². The summed E-state index contributed by atoms with van der Waals surface area (Å²) in [6.07, 6.45) is 3.23. The van der Waals surface area contributed by atoms with E-state index in [-0.39, 0.29) is 11.4 Å². The minimum absolute atomic E-state index is 0.0422. The van der Waals surface area contributed by atoms with Gasteiger partial charge in [-0.25, -0.2) is 0 Å². The Hall–Kier alpha value is -3.53. The van der Waals surface area contributed by atoms with Gasteiger partial charge in [-0.15, -0.1) is 0 Å². The number of ether oxygens (including phenoxy) is 1. The largest absolute Gasteiger partial charge is 0.495 e. The number of hydrogen-bond donors (Lipinski definition) is 2. The number of aromatic nitrogens is 2. The summed E-state index contributed by atoms with van der Waals surface area (Å²) in [5.74, 6) is 0.965. The first-order chi connectivity index (χ1) is 11.6. The Labute approximate surface area is 137 Å². The van der Waals surface area contributed by atoms with Crippen molar-refractivity contribution in [3.05, 3.63) is 47.4 Å². The van der Waals surface area contributed by atoms with E-state index in [0.29, 0.717) is 17.1 Å². The van der Waals surface area contributed by atoms with Crippen molar-refractivity contribution < 1.29 is 14.1 Å². The molecule has 7 nitrogen and oxygen atoms in total. The number of methoxy groups -OCH3 is 1. The lowest BCUT2D eigenvalue weighted by Crippen LogP contribution is -2.13. The molecule has 120 valence electrons. The first-order valence-corrected chi connectivity index (χ1v) is 7.13. The number of anilines is 1.